The van der Waals surface area contributed by atoms with E-state index < -0.39 is 55.7 Å². The van der Waals surface area contributed by atoms with E-state index in [0.717, 1.165) is 77.5 Å². The third-order valence-electron chi connectivity index (χ3n) is 9.02. The number of carboxylic acid groups (broad SMARTS) is 4. The molecule has 0 aliphatic rings. The van der Waals surface area contributed by atoms with E-state index in [1.54, 1.807) is 104 Å². The Hall–Kier alpha value is -0.533. The Labute approximate surface area is 737 Å². The molecule has 0 aliphatic carbocycles. The van der Waals surface area contributed by atoms with Crippen molar-refractivity contribution in [1.29, 1.82) is 0 Å². The Bertz CT molecular complexity index is 1420. The first kappa shape index (κ1) is 167. The maximum Gasteiger partial charge on any atom is 4.00 e. The smallest absolute Gasteiger partial charge is 0.870 e. The van der Waals surface area contributed by atoms with E-state index in [9.17, 15) is 80.5 Å². The molecule has 0 heterocycles. The number of rotatable bonds is 28. The Kier molecular flexibility index (Phi) is 222. The van der Waals surface area contributed by atoms with Gasteiger partial charge in [-0.1, -0.05) is 136 Å². The third kappa shape index (κ3) is 249. The van der Waals surface area contributed by atoms with Gasteiger partial charge >= 0.3 is 167 Å². The molecule has 0 unspecified atom stereocenters. The molecule has 5 N–H and O–H groups in total. The molecule has 0 saturated heterocycles. The summed E-state index contributed by atoms with van der Waals surface area (Å²) in [4.78, 5) is 66.9. The molecule has 0 saturated carbocycles. The summed E-state index contributed by atoms with van der Waals surface area (Å²) < 4.78 is 0. The summed E-state index contributed by atoms with van der Waals surface area (Å²) in [5.41, 5.74) is 24.2. The summed E-state index contributed by atoms with van der Waals surface area (Å²) in [7, 11) is 0. The van der Waals surface area contributed by atoms with Gasteiger partial charge in [-0.2, -0.15) is 0 Å². The van der Waals surface area contributed by atoms with Crippen LogP contribution in [0.3, 0.4) is 0 Å². The summed E-state index contributed by atoms with van der Waals surface area (Å²) in [5.74, 6) is -4.03. The predicted molar refractivity (Wildman–Crippen MR) is 345 cm³/mol. The van der Waals surface area contributed by atoms with Crippen LogP contribution in [0.5, 0.6) is 0 Å². The standard InChI is InChI=1S/4C8H17NO2.4C5H10O2.3C2H6O.2Eu.4Fe.2N3.2NO3.2H2O/c4*1-2-3-4-9(5-7-10)6-8-11;4*1-5(2,3)4(6)7;3*1-2-3;;;;;;;2*1-3-2;2*2-1(3)4;;/h4*2-8H2,1H3;4*1-3H3,(H,6,7);3*3H,2H2,1H3;;;;;;;;;;;2*1H2/q4*-2;;;;;;;;2*+3;4*+4;4*-1;;/p-6. The van der Waals surface area contributed by atoms with E-state index in [2.05, 4.69) is 27.7 Å². The van der Waals surface area contributed by atoms with Gasteiger partial charge in [0.15, 0.2) is 0 Å². The first-order chi connectivity index (χ1) is 43.7. The minimum absolute atomic E-state index is 0. The molecule has 620 valence electrons. The van der Waals surface area contributed by atoms with E-state index in [1.807, 2.05) is 19.6 Å². The van der Waals surface area contributed by atoms with Gasteiger partial charge in [-0.15, -0.1) is 52.9 Å². The maximum atomic E-state index is 10.2. The molecular formula is C58H124Eu2Fe4N12O27+4. The molecule has 45 heteroatoms. The average molecular weight is 1950 g/mol. The number of carbonyl (C=O) groups is 4. The number of aliphatic hydroxyl groups is 3. The molecule has 0 spiro atoms. The molecule has 39 nitrogen and oxygen atoms in total. The van der Waals surface area contributed by atoms with Crippen LogP contribution in [0, 0.1) is 151 Å². The van der Waals surface area contributed by atoms with Crippen molar-refractivity contribution in [3.05, 3.63) is 62.6 Å². The molecule has 0 aromatic rings. The van der Waals surface area contributed by atoms with Crippen LogP contribution >= 0.6 is 0 Å². The molecule has 0 fully saturated rings. The number of unbranched alkanes of at least 4 members (excludes halogenated alkanes) is 4. The number of hydrogen-bond acceptors (Lipinski definition) is 31. The zero-order valence-corrected chi connectivity index (χ0v) is 72.9. The normalized spacial score (nSPS) is 8.87. The van der Waals surface area contributed by atoms with Gasteiger partial charge in [-0.3, -0.25) is 9.82 Å². The van der Waals surface area contributed by atoms with Crippen LogP contribution in [0.1, 0.15) is 183 Å². The van der Waals surface area contributed by atoms with Crippen molar-refractivity contribution in [2.24, 2.45) is 21.7 Å². The molecule has 0 bridgehead atoms. The van der Waals surface area contributed by atoms with E-state index in [1.165, 1.54) is 9.82 Å². The minimum atomic E-state index is -1.75. The SMILES string of the molecule is CC(C)(C)C(=O)[O-].CC(C)(C)C(=O)[O-].CC(C)(C)C(=O)[O-].CC(C)(C)C(=O)[O-].CCCCN(CC[O-])CC[O-].CCCCN(CC[O-])CC[O-].CCCCN(CC[O-])CC[O-].CCCCN(CC[O-])CC[O-].CCO.CCO.CCO.O=[N+]([O-])[O-].O=[N+]([O-])[O-].[Eu+3].[Eu+3].[Fe+4].[Fe+4].[Fe+4].[Fe+4].[N-]=[N+]=[N-].[N-]=[N+]=[N-].[OH-].[OH-]. The molecule has 0 atom stereocenters. The van der Waals surface area contributed by atoms with Gasteiger partial charge in [0.1, 0.15) is 0 Å². The number of carbonyl (C=O) groups excluding carboxylic acids is 4. The van der Waals surface area contributed by atoms with E-state index in [-0.39, 0.29) is 251 Å². The molecule has 0 aliphatic heterocycles. The number of aliphatic hydroxyl groups excluding tert-OH is 3. The van der Waals surface area contributed by atoms with Crippen LogP contribution in [0.15, 0.2) is 0 Å². The third-order valence-corrected chi connectivity index (χ3v) is 9.02. The largest absolute Gasteiger partial charge is 4.00 e. The first-order valence-electron chi connectivity index (χ1n) is 30.5. The van der Waals surface area contributed by atoms with Crippen LogP contribution in [0.2, 0.25) is 0 Å². The minimum Gasteiger partial charge on any atom is -0.870 e. The first-order valence-corrected chi connectivity index (χ1v) is 30.5. The number of hydrogen-bond donors (Lipinski definition) is 3. The number of aliphatic carboxylic acids is 4. The second-order valence-electron chi connectivity index (χ2n) is 22.1. The quantitative estimate of drug-likeness (QED) is 0.0165. The second-order valence-corrected chi connectivity index (χ2v) is 22.1. The van der Waals surface area contributed by atoms with Gasteiger partial charge in [-0.25, -0.2) is 0 Å². The topological polar surface area (TPSA) is 728 Å². The zero-order chi connectivity index (χ0) is 79.1. The Morgan fingerprint density at radius 1 is 0.320 bits per heavy atom. The van der Waals surface area contributed by atoms with Crippen LogP contribution in [0.25, 0.3) is 31.9 Å². The van der Waals surface area contributed by atoms with Crippen LogP contribution in [-0.2, 0) is 87.5 Å². The van der Waals surface area contributed by atoms with Crippen LogP contribution in [0.4, 0.5) is 0 Å². The predicted octanol–water partition coefficient (Wildman–Crippen LogP) is -4.75. The maximum absolute atomic E-state index is 10.2. The molecule has 0 amide bonds. The van der Waals surface area contributed by atoms with Crippen molar-refractivity contribution in [3.8, 4) is 0 Å². The van der Waals surface area contributed by atoms with Crippen molar-refractivity contribution in [2.75, 3.05) is 151 Å². The van der Waals surface area contributed by atoms with E-state index in [4.69, 9.17) is 68.1 Å². The number of carboxylic acids is 4. The summed E-state index contributed by atoms with van der Waals surface area (Å²) in [6.07, 6.45) is 8.81. The summed E-state index contributed by atoms with van der Waals surface area (Å²) in [6.45, 7) is 40.5. The van der Waals surface area contributed by atoms with Crippen LogP contribution in [-0.4, -0.2) is 231 Å². The van der Waals surface area contributed by atoms with Gasteiger partial charge in [0.05, 0.1) is 10.2 Å². The van der Waals surface area contributed by atoms with Gasteiger partial charge < -0.3 is 179 Å². The van der Waals surface area contributed by atoms with E-state index >= 15 is 0 Å². The molecule has 0 aromatic heterocycles. The van der Waals surface area contributed by atoms with E-state index in [0.29, 0.717) is 52.4 Å². The van der Waals surface area contributed by atoms with Crippen molar-refractivity contribution < 1.29 is 284 Å². The Morgan fingerprint density at radius 2 is 0.388 bits per heavy atom. The summed E-state index contributed by atoms with van der Waals surface area (Å²) >= 11 is 0. The van der Waals surface area contributed by atoms with Gasteiger partial charge in [0, 0.05) is 65.4 Å². The van der Waals surface area contributed by atoms with Gasteiger partial charge in [0.2, 0.25) is 0 Å². The van der Waals surface area contributed by atoms with Gasteiger partial charge in [-0.05, 0) is 125 Å². The molecule has 0 aromatic carbocycles. The van der Waals surface area contributed by atoms with Crippen molar-refractivity contribution in [2.45, 2.75) is 183 Å². The fourth-order valence-corrected chi connectivity index (χ4v) is 3.90. The molecule has 0 rings (SSSR count). The Balaban J connectivity index is -0.0000000322. The van der Waals surface area contributed by atoms with Crippen molar-refractivity contribution >= 4 is 23.9 Å². The second kappa shape index (κ2) is 137. The monoisotopic (exact) mass is 1950 g/mol. The fourth-order valence-electron chi connectivity index (χ4n) is 3.90. The summed E-state index contributed by atoms with van der Waals surface area (Å²) in [5, 5.41) is 174. The summed E-state index contributed by atoms with van der Waals surface area (Å²) in [6, 6.07) is 0. The Morgan fingerprint density at radius 3 is 0.427 bits per heavy atom. The van der Waals surface area contributed by atoms with Gasteiger partial charge in [0.25, 0.3) is 0 Å². The average Bonchev–Trinajstić information content (AvgIpc) is 3.44. The molecule has 0 radical (unpaired) electrons. The fraction of sp³-hybridized carbons (Fsp3) is 0.931. The van der Waals surface area contributed by atoms with Crippen molar-refractivity contribution in [1.82, 2.24) is 19.6 Å². The molecule has 103 heavy (non-hydrogen) atoms. The zero-order valence-electron chi connectivity index (χ0n) is 63.7. The molecular weight excluding hydrogens is 1820 g/mol. The van der Waals surface area contributed by atoms with Crippen molar-refractivity contribution in [3.63, 3.8) is 0 Å². The van der Waals surface area contributed by atoms with Crippen LogP contribution < -0.4 is 61.3 Å². The number of nitrogens with zero attached hydrogens (tertiary/aromatic N) is 12.